The lowest BCUT2D eigenvalue weighted by Gasteiger charge is -2.32. The fourth-order valence-electron chi connectivity index (χ4n) is 6.22. The zero-order valence-electron chi connectivity index (χ0n) is 21.7. The second-order valence-corrected chi connectivity index (χ2v) is 10.2. The van der Waals surface area contributed by atoms with E-state index < -0.39 is 11.9 Å². The van der Waals surface area contributed by atoms with Gasteiger partial charge in [-0.1, -0.05) is 0 Å². The smallest absolute Gasteiger partial charge is 0.336 e. The molecular weight excluding hydrogens is 480 g/mol. The Labute approximate surface area is 220 Å². The molecule has 0 aromatic heterocycles. The van der Waals surface area contributed by atoms with E-state index in [0.29, 0.717) is 17.1 Å². The molecule has 0 radical (unpaired) electrons. The summed E-state index contributed by atoms with van der Waals surface area (Å²) in [4.78, 5) is 26.7. The van der Waals surface area contributed by atoms with Gasteiger partial charge in [0, 0.05) is 53.2 Å². The number of aryl methyl sites for hydroxylation is 2. The molecule has 6 rings (SSSR count). The molecule has 7 nitrogen and oxygen atoms in total. The van der Waals surface area contributed by atoms with Gasteiger partial charge in [-0.3, -0.25) is 0 Å². The van der Waals surface area contributed by atoms with Crippen molar-refractivity contribution in [3.8, 4) is 11.5 Å². The molecule has 0 bridgehead atoms. The first-order chi connectivity index (χ1) is 18.4. The molecule has 7 heteroatoms. The Morgan fingerprint density at radius 3 is 2.47 bits per heavy atom. The van der Waals surface area contributed by atoms with Crippen molar-refractivity contribution < 1.29 is 24.5 Å². The average Bonchev–Trinajstić information content (AvgIpc) is 2.92. The van der Waals surface area contributed by atoms with Crippen LogP contribution in [0.2, 0.25) is 0 Å². The summed E-state index contributed by atoms with van der Waals surface area (Å²) in [6.45, 7) is 8.04. The van der Waals surface area contributed by atoms with E-state index in [4.69, 9.17) is 4.74 Å². The van der Waals surface area contributed by atoms with Crippen LogP contribution in [0.5, 0.6) is 11.5 Å². The van der Waals surface area contributed by atoms with Gasteiger partial charge in [0.2, 0.25) is 5.36 Å². The van der Waals surface area contributed by atoms with Gasteiger partial charge < -0.3 is 19.8 Å². The summed E-state index contributed by atoms with van der Waals surface area (Å²) in [5.74, 6) is -0.849. The van der Waals surface area contributed by atoms with E-state index in [1.54, 1.807) is 0 Å². The van der Waals surface area contributed by atoms with E-state index in [9.17, 15) is 19.8 Å². The summed E-state index contributed by atoms with van der Waals surface area (Å²) in [7, 11) is 0. The molecule has 0 spiro atoms. The van der Waals surface area contributed by atoms with Crippen molar-refractivity contribution >= 4 is 23.2 Å². The monoisotopic (exact) mass is 511 g/mol. The zero-order valence-corrected chi connectivity index (χ0v) is 21.7. The van der Waals surface area contributed by atoms with Gasteiger partial charge in [0.25, 0.3) is 0 Å². The summed E-state index contributed by atoms with van der Waals surface area (Å²) >= 11 is 0. The fraction of sp³-hybridized carbons (Fsp3) is 0.323. The first kappa shape index (κ1) is 24.2. The van der Waals surface area contributed by atoms with E-state index in [0.717, 1.165) is 79.3 Å². The molecule has 0 saturated carbocycles. The van der Waals surface area contributed by atoms with Crippen LogP contribution in [0.4, 0.5) is 5.69 Å². The number of fused-ring (bicyclic) bond motifs is 4. The molecule has 0 atom stereocenters. The van der Waals surface area contributed by atoms with Crippen LogP contribution in [0.25, 0.3) is 5.57 Å². The van der Waals surface area contributed by atoms with Gasteiger partial charge in [-0.15, -0.1) is 0 Å². The number of carboxylic acid groups (broad SMARTS) is 2. The van der Waals surface area contributed by atoms with Gasteiger partial charge in [0.05, 0.1) is 17.2 Å². The van der Waals surface area contributed by atoms with E-state index in [1.165, 1.54) is 29.3 Å². The van der Waals surface area contributed by atoms with Crippen molar-refractivity contribution in [3.63, 3.8) is 0 Å². The van der Waals surface area contributed by atoms with Crippen LogP contribution in [-0.4, -0.2) is 48.3 Å². The van der Waals surface area contributed by atoms with E-state index in [-0.39, 0.29) is 11.1 Å². The predicted molar refractivity (Wildman–Crippen MR) is 145 cm³/mol. The summed E-state index contributed by atoms with van der Waals surface area (Å²) in [5, 5.41) is 21.9. The lowest BCUT2D eigenvalue weighted by atomic mass is 9.86. The number of carboxylic acids is 2. The van der Waals surface area contributed by atoms with Crippen LogP contribution in [0.3, 0.4) is 0 Å². The second-order valence-electron chi connectivity index (χ2n) is 10.2. The van der Waals surface area contributed by atoms with E-state index in [1.807, 2.05) is 0 Å². The number of aromatic carboxylic acids is 2. The normalized spacial score (nSPS) is 15.7. The number of hydrogen-bond donors (Lipinski definition) is 2. The van der Waals surface area contributed by atoms with Crippen molar-refractivity contribution in [3.05, 3.63) is 86.4 Å². The minimum absolute atomic E-state index is 0.0531. The second kappa shape index (κ2) is 9.31. The number of ether oxygens (including phenoxy) is 1. The Balaban J connectivity index is 1.74. The standard InChI is InChI=1S/C31H30N2O5/c1-3-32-11-5-7-18-13-23-27(16-25(18)32)38-28-17-26-19(8-6-12-33(26)4-2)14-24(28)29(23)22-15-20(30(34)35)9-10-21(22)31(36)37/h9-10,13-17H,3-8,11-12H2,1-2H3,(H-,34,35,36,37)/p+1. The van der Waals surface area contributed by atoms with Crippen LogP contribution >= 0.6 is 0 Å². The molecule has 3 aromatic rings. The van der Waals surface area contributed by atoms with Crippen LogP contribution < -0.4 is 24.8 Å². The first-order valence-corrected chi connectivity index (χ1v) is 13.4. The van der Waals surface area contributed by atoms with Gasteiger partial charge in [-0.25, -0.2) is 14.2 Å². The highest BCUT2D eigenvalue weighted by molar-refractivity contribution is 6.01. The number of rotatable bonds is 5. The van der Waals surface area contributed by atoms with Gasteiger partial charge in [0.1, 0.15) is 24.6 Å². The van der Waals surface area contributed by atoms with Crippen LogP contribution in [0, 0.1) is 0 Å². The Hall–Kier alpha value is -4.13. The highest BCUT2D eigenvalue weighted by Gasteiger charge is 2.29. The van der Waals surface area contributed by atoms with Crippen LogP contribution in [0.1, 0.15) is 69.7 Å². The van der Waals surface area contributed by atoms with E-state index >= 15 is 0 Å². The molecule has 0 amide bonds. The quantitative estimate of drug-likeness (QED) is 0.398. The number of carbonyl (C=O) groups is 2. The lowest BCUT2D eigenvalue weighted by Crippen LogP contribution is -2.39. The summed E-state index contributed by atoms with van der Waals surface area (Å²) in [5.41, 5.74) is 5.59. The van der Waals surface area contributed by atoms with Crippen molar-refractivity contribution in [1.29, 1.82) is 0 Å². The fourth-order valence-corrected chi connectivity index (χ4v) is 6.22. The van der Waals surface area contributed by atoms with Crippen LogP contribution in [-0.2, 0) is 12.8 Å². The molecule has 38 heavy (non-hydrogen) atoms. The maximum absolute atomic E-state index is 12.4. The molecule has 0 unspecified atom stereocenters. The summed E-state index contributed by atoms with van der Waals surface area (Å²) in [6, 6.07) is 12.7. The topological polar surface area (TPSA) is 90.1 Å². The maximum Gasteiger partial charge on any atom is 0.336 e. The number of hydrogen-bond acceptors (Lipinski definition) is 4. The number of anilines is 1. The average molecular weight is 512 g/mol. The first-order valence-electron chi connectivity index (χ1n) is 13.4. The minimum Gasteiger partial charge on any atom is -0.478 e. The summed E-state index contributed by atoms with van der Waals surface area (Å²) < 4.78 is 8.93. The van der Waals surface area contributed by atoms with Crippen molar-refractivity contribution in [2.75, 3.05) is 31.1 Å². The largest absolute Gasteiger partial charge is 0.478 e. The third-order valence-corrected chi connectivity index (χ3v) is 8.08. The molecule has 0 saturated heterocycles. The van der Waals surface area contributed by atoms with Gasteiger partial charge >= 0.3 is 11.9 Å². The molecule has 3 aliphatic rings. The zero-order chi connectivity index (χ0) is 26.6. The number of nitrogens with zero attached hydrogens (tertiary/aromatic N) is 2. The van der Waals surface area contributed by atoms with Crippen molar-refractivity contribution in [2.24, 2.45) is 0 Å². The molecule has 0 fully saturated rings. The summed E-state index contributed by atoms with van der Waals surface area (Å²) in [6.07, 6.45) is 3.94. The minimum atomic E-state index is -1.09. The van der Waals surface area contributed by atoms with Gasteiger partial charge in [-0.2, -0.15) is 0 Å². The molecule has 2 N–H and O–H groups in total. The molecule has 0 aliphatic carbocycles. The third-order valence-electron chi connectivity index (χ3n) is 8.08. The Morgan fingerprint density at radius 1 is 0.921 bits per heavy atom. The lowest BCUT2D eigenvalue weighted by molar-refractivity contribution is 0.0681. The van der Waals surface area contributed by atoms with E-state index in [2.05, 4.69) is 47.6 Å². The molecular formula is C31H31N2O5+. The molecule has 3 heterocycles. The third kappa shape index (κ3) is 3.85. The predicted octanol–water partition coefficient (Wildman–Crippen LogP) is 3.67. The van der Waals surface area contributed by atoms with Crippen LogP contribution in [0.15, 0.2) is 42.5 Å². The van der Waals surface area contributed by atoms with Crippen molar-refractivity contribution in [2.45, 2.75) is 39.5 Å². The SMILES string of the molecule is CCN1CCCc2cc3c(cc21)Oc1cc2c(cc1=C3c1cc(C(=O)O)ccc1C(=O)O)CCC[N+]=2CC. The van der Waals surface area contributed by atoms with Crippen molar-refractivity contribution in [1.82, 2.24) is 4.58 Å². The molecule has 3 aliphatic heterocycles. The number of benzene rings is 3. The molecule has 3 aromatic carbocycles. The molecule has 194 valence electrons. The Morgan fingerprint density at radius 2 is 1.74 bits per heavy atom. The highest BCUT2D eigenvalue weighted by Crippen LogP contribution is 2.42. The highest BCUT2D eigenvalue weighted by atomic mass is 16.5. The maximum atomic E-state index is 12.4. The Bertz CT molecular complexity index is 1640. The van der Waals surface area contributed by atoms with Gasteiger partial charge in [-0.05, 0) is 74.6 Å². The Kier molecular flexibility index (Phi) is 5.94. The van der Waals surface area contributed by atoms with Gasteiger partial charge in [0.15, 0.2) is 0 Å².